The zero-order valence-electron chi connectivity index (χ0n) is 14.0. The van der Waals surface area contributed by atoms with Gasteiger partial charge in [-0.2, -0.15) is 0 Å². The third-order valence-electron chi connectivity index (χ3n) is 3.31. The molecule has 0 spiro atoms. The lowest BCUT2D eigenvalue weighted by molar-refractivity contribution is -0.129. The van der Waals surface area contributed by atoms with Gasteiger partial charge in [-0.25, -0.2) is 0 Å². The van der Waals surface area contributed by atoms with Crippen LogP contribution in [-0.2, 0) is 16.0 Å². The highest BCUT2D eigenvalue weighted by molar-refractivity contribution is 9.10. The van der Waals surface area contributed by atoms with Gasteiger partial charge >= 0.3 is 0 Å². The average Bonchev–Trinajstić information content (AvgIpc) is 2.60. The summed E-state index contributed by atoms with van der Waals surface area (Å²) in [7, 11) is 1.58. The molecule has 0 bridgehead atoms. The summed E-state index contributed by atoms with van der Waals surface area (Å²) in [6.07, 6.45) is 0.147. The van der Waals surface area contributed by atoms with Gasteiger partial charge in [0.2, 0.25) is 5.91 Å². The number of carbonyl (C=O) groups is 2. The van der Waals surface area contributed by atoms with Crippen molar-refractivity contribution in [2.75, 3.05) is 13.7 Å². The summed E-state index contributed by atoms with van der Waals surface area (Å²) < 4.78 is 11.2. The maximum atomic E-state index is 11.8. The van der Waals surface area contributed by atoms with E-state index in [0.717, 1.165) is 21.3 Å². The molecule has 0 heterocycles. The van der Waals surface area contributed by atoms with Crippen LogP contribution in [0, 0.1) is 6.92 Å². The van der Waals surface area contributed by atoms with E-state index in [1.54, 1.807) is 37.4 Å². The van der Waals surface area contributed by atoms with E-state index in [9.17, 15) is 9.59 Å². The molecule has 132 valence electrons. The first-order valence-corrected chi connectivity index (χ1v) is 8.37. The van der Waals surface area contributed by atoms with Gasteiger partial charge in [0, 0.05) is 0 Å². The summed E-state index contributed by atoms with van der Waals surface area (Å²) in [6, 6.07) is 12.7. The number of nitrogens with one attached hydrogen (secondary N) is 2. The lowest BCUT2D eigenvalue weighted by atomic mass is 10.1. The van der Waals surface area contributed by atoms with Crippen LogP contribution >= 0.6 is 15.9 Å². The van der Waals surface area contributed by atoms with Gasteiger partial charge < -0.3 is 9.47 Å². The Morgan fingerprint density at radius 1 is 1.04 bits per heavy atom. The van der Waals surface area contributed by atoms with Crippen molar-refractivity contribution in [2.45, 2.75) is 13.3 Å². The Labute approximate surface area is 154 Å². The van der Waals surface area contributed by atoms with Crippen molar-refractivity contribution in [1.29, 1.82) is 0 Å². The molecule has 0 aromatic heterocycles. The second kappa shape index (κ2) is 9.08. The number of hydrazine groups is 1. The number of benzene rings is 2. The Morgan fingerprint density at radius 2 is 1.72 bits per heavy atom. The summed E-state index contributed by atoms with van der Waals surface area (Å²) in [4.78, 5) is 23.6. The van der Waals surface area contributed by atoms with Crippen LogP contribution in [-0.4, -0.2) is 25.5 Å². The molecule has 0 atom stereocenters. The van der Waals surface area contributed by atoms with Crippen molar-refractivity contribution in [3.8, 4) is 11.5 Å². The normalized spacial score (nSPS) is 10.0. The Kier molecular flexibility index (Phi) is 6.82. The van der Waals surface area contributed by atoms with Crippen molar-refractivity contribution in [1.82, 2.24) is 10.9 Å². The third-order valence-corrected chi connectivity index (χ3v) is 3.93. The fourth-order valence-corrected chi connectivity index (χ4v) is 2.62. The average molecular weight is 407 g/mol. The predicted molar refractivity (Wildman–Crippen MR) is 97.4 cm³/mol. The summed E-state index contributed by atoms with van der Waals surface area (Å²) in [6.45, 7) is 1.75. The van der Waals surface area contributed by atoms with E-state index in [2.05, 4.69) is 26.8 Å². The Balaban J connectivity index is 1.74. The molecule has 0 aliphatic rings. The topological polar surface area (TPSA) is 76.7 Å². The van der Waals surface area contributed by atoms with E-state index < -0.39 is 5.91 Å². The fourth-order valence-electron chi connectivity index (χ4n) is 2.01. The molecule has 25 heavy (non-hydrogen) atoms. The SMILES string of the molecule is COc1ccc(CC(=O)NNC(=O)COc2ccc(C)cc2Br)cc1. The predicted octanol–water partition coefficient (Wildman–Crippen LogP) is 2.54. The number of rotatable bonds is 6. The second-order valence-electron chi connectivity index (χ2n) is 5.34. The molecule has 7 heteroatoms. The molecule has 6 nitrogen and oxygen atoms in total. The molecule has 0 saturated heterocycles. The summed E-state index contributed by atoms with van der Waals surface area (Å²) in [5.41, 5.74) is 6.57. The number of carbonyl (C=O) groups excluding carboxylic acids is 2. The van der Waals surface area contributed by atoms with Crippen molar-refractivity contribution < 1.29 is 19.1 Å². The van der Waals surface area contributed by atoms with Crippen molar-refractivity contribution >= 4 is 27.7 Å². The zero-order chi connectivity index (χ0) is 18.2. The smallest absolute Gasteiger partial charge is 0.276 e. The first kappa shape index (κ1) is 18.8. The van der Waals surface area contributed by atoms with E-state index in [-0.39, 0.29) is 18.9 Å². The first-order valence-electron chi connectivity index (χ1n) is 7.57. The van der Waals surface area contributed by atoms with Crippen LogP contribution in [0.2, 0.25) is 0 Å². The molecule has 2 N–H and O–H groups in total. The highest BCUT2D eigenvalue weighted by Crippen LogP contribution is 2.25. The van der Waals surface area contributed by atoms with Crippen LogP contribution in [0.1, 0.15) is 11.1 Å². The van der Waals surface area contributed by atoms with E-state index in [1.165, 1.54) is 0 Å². The summed E-state index contributed by atoms with van der Waals surface area (Å²) >= 11 is 3.37. The van der Waals surface area contributed by atoms with Gasteiger partial charge in [-0.15, -0.1) is 0 Å². The quantitative estimate of drug-likeness (QED) is 0.722. The Bertz CT molecular complexity index is 747. The molecule has 0 unspecified atom stereocenters. The van der Waals surface area contributed by atoms with Crippen LogP contribution in [0.4, 0.5) is 0 Å². The number of hydrogen-bond donors (Lipinski definition) is 2. The number of methoxy groups -OCH3 is 1. The van der Waals surface area contributed by atoms with E-state index in [0.29, 0.717) is 5.75 Å². The molecule has 2 aromatic rings. The van der Waals surface area contributed by atoms with Crippen molar-refractivity contribution in [3.63, 3.8) is 0 Å². The van der Waals surface area contributed by atoms with Gasteiger partial charge in [-0.1, -0.05) is 18.2 Å². The monoisotopic (exact) mass is 406 g/mol. The molecule has 0 radical (unpaired) electrons. The van der Waals surface area contributed by atoms with Crippen LogP contribution < -0.4 is 20.3 Å². The molecule has 0 aliphatic heterocycles. The minimum Gasteiger partial charge on any atom is -0.497 e. The van der Waals surface area contributed by atoms with Gasteiger partial charge in [-0.05, 0) is 58.2 Å². The molecule has 2 aromatic carbocycles. The van der Waals surface area contributed by atoms with Gasteiger partial charge in [0.15, 0.2) is 6.61 Å². The Morgan fingerprint density at radius 3 is 2.36 bits per heavy atom. The maximum absolute atomic E-state index is 11.8. The molecule has 0 aliphatic carbocycles. The number of halogens is 1. The van der Waals surface area contributed by atoms with Gasteiger partial charge in [0.25, 0.3) is 5.91 Å². The number of hydrogen-bond acceptors (Lipinski definition) is 4. The Hall–Kier alpha value is -2.54. The van der Waals surface area contributed by atoms with Crippen molar-refractivity contribution in [3.05, 3.63) is 58.1 Å². The van der Waals surface area contributed by atoms with Crippen LogP contribution in [0.5, 0.6) is 11.5 Å². The van der Waals surface area contributed by atoms with Crippen LogP contribution in [0.3, 0.4) is 0 Å². The van der Waals surface area contributed by atoms with Gasteiger partial charge in [0.1, 0.15) is 11.5 Å². The lowest BCUT2D eigenvalue weighted by Gasteiger charge is -2.10. The minimum atomic E-state index is -0.449. The second-order valence-corrected chi connectivity index (χ2v) is 6.20. The number of ether oxygens (including phenoxy) is 2. The molecular formula is C18H19BrN2O4. The molecule has 2 rings (SSSR count). The molecule has 0 fully saturated rings. The molecule has 2 amide bonds. The standard InChI is InChI=1S/C18H19BrN2O4/c1-12-3-8-16(15(19)9-12)25-11-18(23)21-20-17(22)10-13-4-6-14(24-2)7-5-13/h3-9H,10-11H2,1-2H3,(H,20,22)(H,21,23). The zero-order valence-corrected chi connectivity index (χ0v) is 15.6. The van der Waals surface area contributed by atoms with E-state index in [1.807, 2.05) is 19.1 Å². The third kappa shape index (κ3) is 6.11. The summed E-state index contributed by atoms with van der Waals surface area (Å²) in [5, 5.41) is 0. The van der Waals surface area contributed by atoms with E-state index >= 15 is 0 Å². The molecular weight excluding hydrogens is 388 g/mol. The lowest BCUT2D eigenvalue weighted by Crippen LogP contribution is -2.44. The van der Waals surface area contributed by atoms with Gasteiger partial charge in [-0.3, -0.25) is 20.4 Å². The number of aryl methyl sites for hydroxylation is 1. The largest absolute Gasteiger partial charge is 0.497 e. The minimum absolute atomic E-state index is 0.147. The molecule has 0 saturated carbocycles. The maximum Gasteiger partial charge on any atom is 0.276 e. The van der Waals surface area contributed by atoms with Crippen LogP contribution in [0.15, 0.2) is 46.9 Å². The van der Waals surface area contributed by atoms with E-state index in [4.69, 9.17) is 9.47 Å². The fraction of sp³-hybridized carbons (Fsp3) is 0.222. The highest BCUT2D eigenvalue weighted by atomic mass is 79.9. The number of amides is 2. The van der Waals surface area contributed by atoms with Crippen LogP contribution in [0.25, 0.3) is 0 Å². The first-order chi connectivity index (χ1) is 12.0. The highest BCUT2D eigenvalue weighted by Gasteiger charge is 2.08. The van der Waals surface area contributed by atoms with Crippen molar-refractivity contribution in [2.24, 2.45) is 0 Å². The summed E-state index contributed by atoms with van der Waals surface area (Å²) in [5.74, 6) is 0.507. The van der Waals surface area contributed by atoms with Gasteiger partial charge in [0.05, 0.1) is 18.0 Å².